The molecule has 0 aliphatic carbocycles. The van der Waals surface area contributed by atoms with Crippen LogP contribution in [0.5, 0.6) is 0 Å². The van der Waals surface area contributed by atoms with Crippen molar-refractivity contribution < 1.29 is 9.53 Å². The van der Waals surface area contributed by atoms with Gasteiger partial charge in [-0.1, -0.05) is 35.9 Å². The number of aryl methyl sites for hydroxylation is 1. The quantitative estimate of drug-likeness (QED) is 0.537. The van der Waals surface area contributed by atoms with Crippen molar-refractivity contribution in [2.75, 3.05) is 18.5 Å². The van der Waals surface area contributed by atoms with Crippen molar-refractivity contribution in [1.29, 1.82) is 0 Å². The summed E-state index contributed by atoms with van der Waals surface area (Å²) in [5.74, 6) is -0.412. The van der Waals surface area contributed by atoms with Crippen LogP contribution in [0.3, 0.4) is 0 Å². The van der Waals surface area contributed by atoms with Crippen LogP contribution in [0.15, 0.2) is 48.5 Å². The van der Waals surface area contributed by atoms with E-state index in [-0.39, 0.29) is 11.9 Å². The number of hydrogen-bond acceptors (Lipinski definition) is 3. The third-order valence-corrected chi connectivity index (χ3v) is 4.19. The molecule has 0 amide bonds. The molecule has 0 bridgehead atoms. The number of ether oxygens (including phenoxy) is 1. The molecule has 0 saturated heterocycles. The van der Waals surface area contributed by atoms with Crippen LogP contribution in [0.4, 0.5) is 5.69 Å². The Hall–Kier alpha value is -2.00. The lowest BCUT2D eigenvalue weighted by molar-refractivity contribution is -0.144. The molecule has 0 saturated carbocycles. The standard InChI is InChI=1S/C20H24ClNO2/c1-3-24-20(23)15(2)17-8-12-19(13-9-17)22-14-4-5-16-6-10-18(21)11-7-16/h6-13,15,22H,3-5,14H2,1-2H3/t15-/m0/s1. The molecule has 0 unspecified atom stereocenters. The molecule has 1 N–H and O–H groups in total. The van der Waals surface area contributed by atoms with Crippen molar-refractivity contribution in [3.05, 3.63) is 64.7 Å². The summed E-state index contributed by atoms with van der Waals surface area (Å²) in [6.45, 7) is 5.00. The average Bonchev–Trinajstić information content (AvgIpc) is 2.60. The molecule has 0 aromatic heterocycles. The number of nitrogens with one attached hydrogen (secondary N) is 1. The van der Waals surface area contributed by atoms with E-state index in [2.05, 4.69) is 17.4 Å². The molecule has 0 fully saturated rings. The molecule has 0 spiro atoms. The molecule has 0 aliphatic heterocycles. The maximum atomic E-state index is 11.7. The molecule has 0 radical (unpaired) electrons. The van der Waals surface area contributed by atoms with E-state index in [4.69, 9.17) is 16.3 Å². The van der Waals surface area contributed by atoms with E-state index in [1.165, 1.54) is 5.56 Å². The Morgan fingerprint density at radius 2 is 1.79 bits per heavy atom. The fourth-order valence-corrected chi connectivity index (χ4v) is 2.60. The highest BCUT2D eigenvalue weighted by Gasteiger charge is 2.15. The predicted octanol–water partition coefficient (Wildman–Crippen LogP) is 5.05. The molecule has 24 heavy (non-hydrogen) atoms. The number of esters is 1. The Bertz CT molecular complexity index is 638. The van der Waals surface area contributed by atoms with Gasteiger partial charge in [0.15, 0.2) is 0 Å². The van der Waals surface area contributed by atoms with Crippen LogP contribution in [-0.4, -0.2) is 19.1 Å². The maximum Gasteiger partial charge on any atom is 0.313 e. The third kappa shape index (κ3) is 5.57. The van der Waals surface area contributed by atoms with Crippen LogP contribution < -0.4 is 5.32 Å². The van der Waals surface area contributed by atoms with Crippen LogP contribution in [-0.2, 0) is 16.0 Å². The summed E-state index contributed by atoms with van der Waals surface area (Å²) in [6.07, 6.45) is 2.06. The first-order valence-electron chi connectivity index (χ1n) is 8.35. The minimum atomic E-state index is -0.232. The van der Waals surface area contributed by atoms with E-state index in [9.17, 15) is 4.79 Å². The van der Waals surface area contributed by atoms with Crippen LogP contribution in [0.2, 0.25) is 5.02 Å². The number of carbonyl (C=O) groups excluding carboxylic acids is 1. The summed E-state index contributed by atoms with van der Waals surface area (Å²) in [5, 5.41) is 4.18. The molecule has 128 valence electrons. The zero-order valence-electron chi connectivity index (χ0n) is 14.2. The van der Waals surface area contributed by atoms with Gasteiger partial charge in [-0.25, -0.2) is 0 Å². The van der Waals surface area contributed by atoms with Gasteiger partial charge in [0.25, 0.3) is 0 Å². The lowest BCUT2D eigenvalue weighted by atomic mass is 10.0. The van der Waals surface area contributed by atoms with Crippen LogP contribution in [0, 0.1) is 0 Å². The van der Waals surface area contributed by atoms with Crippen molar-refractivity contribution in [2.24, 2.45) is 0 Å². The van der Waals surface area contributed by atoms with Gasteiger partial charge in [-0.15, -0.1) is 0 Å². The second-order valence-electron chi connectivity index (χ2n) is 5.75. The van der Waals surface area contributed by atoms with Gasteiger partial charge in [0.1, 0.15) is 0 Å². The molecular weight excluding hydrogens is 322 g/mol. The first kappa shape index (κ1) is 18.3. The highest BCUT2D eigenvalue weighted by Crippen LogP contribution is 2.19. The van der Waals surface area contributed by atoms with Gasteiger partial charge < -0.3 is 10.1 Å². The topological polar surface area (TPSA) is 38.3 Å². The Morgan fingerprint density at radius 3 is 2.42 bits per heavy atom. The Kier molecular flexibility index (Phi) is 7.13. The summed E-state index contributed by atoms with van der Waals surface area (Å²) in [7, 11) is 0. The van der Waals surface area contributed by atoms with Crippen molar-refractivity contribution >= 4 is 23.3 Å². The number of hydrogen-bond donors (Lipinski definition) is 1. The molecule has 0 aliphatic rings. The summed E-state index contributed by atoms with van der Waals surface area (Å²) >= 11 is 5.88. The highest BCUT2D eigenvalue weighted by atomic mass is 35.5. The molecule has 2 rings (SSSR count). The van der Waals surface area contributed by atoms with Gasteiger partial charge in [0.2, 0.25) is 0 Å². The number of carbonyl (C=O) groups is 1. The summed E-state index contributed by atoms with van der Waals surface area (Å²) < 4.78 is 5.05. The van der Waals surface area contributed by atoms with Crippen molar-refractivity contribution in [3.8, 4) is 0 Å². The fraction of sp³-hybridized carbons (Fsp3) is 0.350. The summed E-state index contributed by atoms with van der Waals surface area (Å²) in [4.78, 5) is 11.7. The lowest BCUT2D eigenvalue weighted by Crippen LogP contribution is -2.13. The van der Waals surface area contributed by atoms with Gasteiger partial charge in [0.05, 0.1) is 12.5 Å². The molecule has 2 aromatic carbocycles. The van der Waals surface area contributed by atoms with Crippen LogP contribution >= 0.6 is 11.6 Å². The van der Waals surface area contributed by atoms with Gasteiger partial charge in [0, 0.05) is 17.3 Å². The van der Waals surface area contributed by atoms with Crippen molar-refractivity contribution in [1.82, 2.24) is 0 Å². The number of benzene rings is 2. The van der Waals surface area contributed by atoms with Gasteiger partial charge in [-0.3, -0.25) is 4.79 Å². The zero-order valence-corrected chi connectivity index (χ0v) is 15.0. The molecular formula is C20H24ClNO2. The first-order valence-corrected chi connectivity index (χ1v) is 8.73. The van der Waals surface area contributed by atoms with Crippen molar-refractivity contribution in [2.45, 2.75) is 32.6 Å². The molecule has 2 aromatic rings. The van der Waals surface area contributed by atoms with Gasteiger partial charge >= 0.3 is 5.97 Å². The number of anilines is 1. The predicted molar refractivity (Wildman–Crippen MR) is 99.8 cm³/mol. The third-order valence-electron chi connectivity index (χ3n) is 3.94. The largest absolute Gasteiger partial charge is 0.466 e. The Morgan fingerprint density at radius 1 is 1.12 bits per heavy atom. The summed E-state index contributed by atoms with van der Waals surface area (Å²) in [5.41, 5.74) is 3.32. The van der Waals surface area contributed by atoms with E-state index in [0.29, 0.717) is 6.61 Å². The molecule has 4 heteroatoms. The highest BCUT2D eigenvalue weighted by molar-refractivity contribution is 6.30. The lowest BCUT2D eigenvalue weighted by Gasteiger charge is -2.12. The fourth-order valence-electron chi connectivity index (χ4n) is 2.47. The average molecular weight is 346 g/mol. The minimum absolute atomic E-state index is 0.179. The van der Waals surface area contributed by atoms with E-state index in [0.717, 1.165) is 35.7 Å². The SMILES string of the molecule is CCOC(=O)[C@@H](C)c1ccc(NCCCc2ccc(Cl)cc2)cc1. The molecule has 0 heterocycles. The van der Waals surface area contributed by atoms with E-state index >= 15 is 0 Å². The van der Waals surface area contributed by atoms with E-state index in [1.54, 1.807) is 0 Å². The Balaban J connectivity index is 1.77. The first-order chi connectivity index (χ1) is 11.6. The molecule has 3 nitrogen and oxygen atoms in total. The van der Waals surface area contributed by atoms with Crippen molar-refractivity contribution in [3.63, 3.8) is 0 Å². The van der Waals surface area contributed by atoms with Crippen LogP contribution in [0.25, 0.3) is 0 Å². The second-order valence-corrected chi connectivity index (χ2v) is 6.19. The summed E-state index contributed by atoms with van der Waals surface area (Å²) in [6, 6.07) is 15.9. The maximum absolute atomic E-state index is 11.7. The Labute approximate surface area is 149 Å². The normalized spacial score (nSPS) is 11.8. The smallest absolute Gasteiger partial charge is 0.313 e. The van der Waals surface area contributed by atoms with Crippen LogP contribution in [0.1, 0.15) is 37.3 Å². The van der Waals surface area contributed by atoms with Gasteiger partial charge in [-0.05, 0) is 62.1 Å². The minimum Gasteiger partial charge on any atom is -0.466 e. The second kappa shape index (κ2) is 9.33. The van der Waals surface area contributed by atoms with E-state index < -0.39 is 0 Å². The zero-order chi connectivity index (χ0) is 17.4. The molecule has 1 atom stereocenters. The number of halogens is 1. The van der Waals surface area contributed by atoms with E-state index in [1.807, 2.05) is 50.2 Å². The number of rotatable bonds is 8. The monoisotopic (exact) mass is 345 g/mol. The van der Waals surface area contributed by atoms with Gasteiger partial charge in [-0.2, -0.15) is 0 Å².